The molecule has 44 heavy (non-hydrogen) atoms. The fraction of sp³-hybridized carbons (Fsp3) is 0.800. The topological polar surface area (TPSA) is 241 Å². The van der Waals surface area contributed by atoms with Gasteiger partial charge in [-0.3, -0.25) is 0 Å². The van der Waals surface area contributed by atoms with E-state index >= 15 is 0 Å². The van der Waals surface area contributed by atoms with Crippen LogP contribution in [0, 0.1) is 149 Å². The second kappa shape index (κ2) is 15.9. The van der Waals surface area contributed by atoms with Crippen LogP contribution < -0.4 is 30.6 Å². The van der Waals surface area contributed by atoms with Crippen LogP contribution in [0.3, 0.4) is 0 Å². The number of hydrogen-bond acceptors (Lipinski definition) is 12. The molecule has 0 aromatic carbocycles. The molecule has 3 saturated carbocycles. The zero-order chi connectivity index (χ0) is 33.4. The molecule has 0 aliphatic heterocycles. The molecular weight excluding hydrogens is 856 g/mol. The Kier molecular flexibility index (Phi) is 16.7. The quantitative estimate of drug-likeness (QED) is 0.256. The smallest absolute Gasteiger partial charge is 0.550 e. The minimum atomic E-state index is -1.17. The van der Waals surface area contributed by atoms with Crippen molar-refractivity contribution in [1.29, 1.82) is 0 Å². The fourth-order valence-electron chi connectivity index (χ4n) is 6.83. The molecule has 6 atom stereocenters. The largest absolute Gasteiger partial charge is 3.00 e. The van der Waals surface area contributed by atoms with Crippen LogP contribution in [0.15, 0.2) is 0 Å². The first-order valence-electron chi connectivity index (χ1n) is 14.0. The van der Waals surface area contributed by atoms with Crippen LogP contribution >= 0.6 is 0 Å². The summed E-state index contributed by atoms with van der Waals surface area (Å²) in [5, 5.41) is 65.4. The van der Waals surface area contributed by atoms with Crippen molar-refractivity contribution in [3.63, 3.8) is 0 Å². The van der Waals surface area contributed by atoms with E-state index in [4.69, 9.17) is 0 Å². The van der Waals surface area contributed by atoms with Crippen LogP contribution in [0.5, 0.6) is 0 Å². The van der Waals surface area contributed by atoms with Gasteiger partial charge in [0.15, 0.2) is 0 Å². The van der Waals surface area contributed by atoms with Crippen molar-refractivity contribution in [2.75, 3.05) is 0 Å². The van der Waals surface area contributed by atoms with E-state index in [2.05, 4.69) is 0 Å². The maximum Gasteiger partial charge on any atom is 3.00 e. The monoisotopic (exact) mass is 900 g/mol. The Balaban J connectivity index is 0. The molecule has 3 aliphatic rings. The van der Waals surface area contributed by atoms with Gasteiger partial charge in [-0.25, -0.2) is 0 Å². The van der Waals surface area contributed by atoms with Crippen molar-refractivity contribution in [3.8, 4) is 0 Å². The zero-order valence-corrected chi connectivity index (χ0v) is 31.5. The summed E-state index contributed by atoms with van der Waals surface area (Å²) in [4.78, 5) is 65.4. The van der Waals surface area contributed by atoms with Crippen molar-refractivity contribution in [1.82, 2.24) is 0 Å². The van der Waals surface area contributed by atoms with E-state index in [-0.39, 0.29) is 98.8 Å². The molecule has 0 aromatic heterocycles. The number of rotatable bonds is 6. The van der Waals surface area contributed by atoms with E-state index < -0.39 is 86.1 Å². The van der Waals surface area contributed by atoms with E-state index in [1.165, 1.54) is 0 Å². The maximum absolute atomic E-state index is 11.0. The molecule has 0 aromatic rings. The molecule has 0 amide bonds. The van der Waals surface area contributed by atoms with E-state index in [9.17, 15) is 59.4 Å². The van der Waals surface area contributed by atoms with Gasteiger partial charge in [-0.2, -0.15) is 0 Å². The number of carboxylic acid groups (broad SMARTS) is 6. The third-order valence-electron chi connectivity index (χ3n) is 11.9. The second-order valence-electron chi connectivity index (χ2n) is 14.3. The van der Waals surface area contributed by atoms with Gasteiger partial charge >= 0.3 is 98.8 Å². The van der Waals surface area contributed by atoms with Crippen LogP contribution in [-0.4, -0.2) is 35.8 Å². The second-order valence-corrected chi connectivity index (χ2v) is 14.3. The van der Waals surface area contributed by atoms with Crippen LogP contribution in [0.25, 0.3) is 0 Å². The number of hydrogen-bond donors (Lipinski definition) is 0. The first-order chi connectivity index (χ1) is 18.7. The van der Waals surface area contributed by atoms with Gasteiger partial charge in [-0.05, 0) is 54.8 Å². The summed E-state index contributed by atoms with van der Waals surface area (Å²) >= 11 is 0. The molecule has 0 saturated heterocycles. The minimum Gasteiger partial charge on any atom is -0.550 e. The first-order valence-corrected chi connectivity index (χ1v) is 14.0. The van der Waals surface area contributed by atoms with Crippen molar-refractivity contribution in [2.45, 2.75) is 101 Å². The van der Waals surface area contributed by atoms with E-state index in [1.807, 2.05) is 0 Å². The standard InChI is InChI=1S/3C10H16O4.2Eu/c3*1-9(2)6(7(11)12)4-5-10(9,3)8(13)14;;/h3*6H,4-5H2,1-3H3,(H,11,12)(H,13,14);;/q;;;2*+3/p-6. The predicted octanol–water partition coefficient (Wildman–Crippen LogP) is -3.21. The summed E-state index contributed by atoms with van der Waals surface area (Å²) in [7, 11) is 0. The molecule has 3 rings (SSSR count). The summed E-state index contributed by atoms with van der Waals surface area (Å²) in [5.41, 5.74) is -5.66. The van der Waals surface area contributed by atoms with Gasteiger partial charge < -0.3 is 59.4 Å². The molecule has 3 fully saturated rings. The number of carbonyl (C=O) groups excluding carboxylic acids is 6. The van der Waals surface area contributed by atoms with Gasteiger partial charge in [-0.1, -0.05) is 62.3 Å². The van der Waals surface area contributed by atoms with Crippen molar-refractivity contribution in [2.24, 2.45) is 50.2 Å². The van der Waals surface area contributed by atoms with Crippen LogP contribution in [0.4, 0.5) is 0 Å². The molecule has 0 radical (unpaired) electrons. The summed E-state index contributed by atoms with van der Waals surface area (Å²) < 4.78 is 0. The van der Waals surface area contributed by atoms with Gasteiger partial charge in [0.05, 0.1) is 0 Å². The summed E-state index contributed by atoms with van der Waals surface area (Å²) in [6.45, 7) is 14.5. The Bertz CT molecular complexity index is 995. The Morgan fingerprint density at radius 1 is 0.409 bits per heavy atom. The molecule has 6 unspecified atom stereocenters. The third kappa shape index (κ3) is 8.16. The van der Waals surface area contributed by atoms with E-state index in [0.29, 0.717) is 38.5 Å². The molecular formula is C30H42Eu2O12. The summed E-state index contributed by atoms with van der Waals surface area (Å²) in [6.07, 6.45) is 2.04. The Morgan fingerprint density at radius 3 is 0.636 bits per heavy atom. The maximum atomic E-state index is 11.0. The van der Waals surface area contributed by atoms with E-state index in [0.717, 1.165) is 0 Å². The first kappa shape index (κ1) is 46.1. The molecule has 0 heterocycles. The van der Waals surface area contributed by atoms with Crippen molar-refractivity contribution in [3.05, 3.63) is 0 Å². The molecule has 0 spiro atoms. The number of aliphatic carboxylic acids is 6. The molecule has 0 bridgehead atoms. The Labute approximate surface area is 340 Å². The van der Waals surface area contributed by atoms with Crippen molar-refractivity contribution < 1.29 is 158 Å². The normalized spacial score (nSPS) is 33.9. The molecule has 0 N–H and O–H groups in total. The Hall–Kier alpha value is -0.0112. The predicted molar refractivity (Wildman–Crippen MR) is 134 cm³/mol. The summed E-state index contributed by atoms with van der Waals surface area (Å²) in [5.74, 6) is -9.13. The van der Waals surface area contributed by atoms with Gasteiger partial charge in [-0.15, -0.1) is 0 Å². The van der Waals surface area contributed by atoms with Gasteiger partial charge in [0.1, 0.15) is 0 Å². The van der Waals surface area contributed by atoms with Gasteiger partial charge in [0.2, 0.25) is 0 Å². The van der Waals surface area contributed by atoms with Crippen molar-refractivity contribution >= 4 is 35.8 Å². The molecule has 248 valence electrons. The Morgan fingerprint density at radius 2 is 0.568 bits per heavy atom. The SMILES string of the molecule is CC1(C(=O)[O-])CCC(C(=O)[O-])C1(C)C.CC1(C(=O)[O-])CCC(C(=O)[O-])C1(C)C.CC1(C(=O)[O-])CCC(C(=O)[O-])C1(C)C.[Eu+3].[Eu+3]. The van der Waals surface area contributed by atoms with Crippen LogP contribution in [0.2, 0.25) is 0 Å². The molecule has 12 nitrogen and oxygen atoms in total. The zero-order valence-electron chi connectivity index (χ0n) is 26.6. The average molecular weight is 899 g/mol. The van der Waals surface area contributed by atoms with Crippen LogP contribution in [-0.2, 0) is 28.8 Å². The van der Waals surface area contributed by atoms with Crippen LogP contribution in [0.1, 0.15) is 101 Å². The molecule has 3 aliphatic carbocycles. The summed E-state index contributed by atoms with van der Waals surface area (Å²) in [6, 6.07) is 0. The number of carbonyl (C=O) groups is 6. The minimum absolute atomic E-state index is 0. The fourth-order valence-corrected chi connectivity index (χ4v) is 6.83. The number of carboxylic acids is 6. The van der Waals surface area contributed by atoms with Gasteiger partial charge in [0.25, 0.3) is 0 Å². The van der Waals surface area contributed by atoms with E-state index in [1.54, 1.807) is 62.3 Å². The average Bonchev–Trinajstić information content (AvgIpc) is 3.33. The third-order valence-corrected chi connectivity index (χ3v) is 11.9. The molecule has 14 heteroatoms. The van der Waals surface area contributed by atoms with Gasteiger partial charge in [0, 0.05) is 69.8 Å².